The van der Waals surface area contributed by atoms with E-state index in [9.17, 15) is 9.59 Å². The molecule has 2 aromatic rings. The van der Waals surface area contributed by atoms with E-state index in [2.05, 4.69) is 0 Å². The Bertz CT molecular complexity index is 844. The molecule has 0 radical (unpaired) electrons. The number of carbonyl (C=O) groups excluding carboxylic acids is 2. The molecule has 1 aliphatic rings. The second-order valence-electron chi connectivity index (χ2n) is 4.91. The SMILES string of the molecule is CC(=O)Oc1c(Cl)cc(C(=O)N2C=CSc3ccccc32)cc1Cl. The molecule has 1 heterocycles. The summed E-state index contributed by atoms with van der Waals surface area (Å²) in [5, 5.41) is 2.03. The number of esters is 1. The van der Waals surface area contributed by atoms with Crippen LogP contribution in [0.5, 0.6) is 5.75 Å². The van der Waals surface area contributed by atoms with Gasteiger partial charge >= 0.3 is 5.97 Å². The van der Waals surface area contributed by atoms with Crippen molar-refractivity contribution < 1.29 is 14.3 Å². The molecule has 24 heavy (non-hydrogen) atoms. The van der Waals surface area contributed by atoms with E-state index < -0.39 is 5.97 Å². The second kappa shape index (κ2) is 6.89. The van der Waals surface area contributed by atoms with E-state index in [1.54, 1.807) is 6.20 Å². The largest absolute Gasteiger partial charge is 0.424 e. The molecule has 0 aromatic heterocycles. The Morgan fingerprint density at radius 3 is 2.46 bits per heavy atom. The van der Waals surface area contributed by atoms with Crippen LogP contribution in [0.1, 0.15) is 17.3 Å². The van der Waals surface area contributed by atoms with Crippen molar-refractivity contribution in [3.63, 3.8) is 0 Å². The maximum Gasteiger partial charge on any atom is 0.308 e. The number of hydrogen-bond donors (Lipinski definition) is 0. The van der Waals surface area contributed by atoms with Gasteiger partial charge in [-0.1, -0.05) is 47.1 Å². The van der Waals surface area contributed by atoms with Crippen LogP contribution in [0.25, 0.3) is 0 Å². The summed E-state index contributed by atoms with van der Waals surface area (Å²) in [5.41, 5.74) is 1.08. The van der Waals surface area contributed by atoms with Gasteiger partial charge in [0, 0.05) is 23.6 Å². The highest BCUT2D eigenvalue weighted by Gasteiger charge is 2.23. The highest BCUT2D eigenvalue weighted by Crippen LogP contribution is 2.38. The molecule has 0 saturated heterocycles. The predicted molar refractivity (Wildman–Crippen MR) is 96.0 cm³/mol. The third-order valence-electron chi connectivity index (χ3n) is 3.24. The van der Waals surface area contributed by atoms with Gasteiger partial charge in [-0.3, -0.25) is 14.5 Å². The molecule has 0 N–H and O–H groups in total. The van der Waals surface area contributed by atoms with E-state index in [-0.39, 0.29) is 21.7 Å². The first-order valence-corrected chi connectivity index (χ1v) is 8.54. The number of hydrogen-bond acceptors (Lipinski definition) is 4. The Labute approximate surface area is 153 Å². The molecule has 122 valence electrons. The fourth-order valence-electron chi connectivity index (χ4n) is 2.24. The van der Waals surface area contributed by atoms with Crippen LogP contribution in [-0.2, 0) is 4.79 Å². The maximum atomic E-state index is 12.8. The molecular weight excluding hydrogens is 369 g/mol. The van der Waals surface area contributed by atoms with Crippen molar-refractivity contribution >= 4 is 52.5 Å². The van der Waals surface area contributed by atoms with Gasteiger partial charge in [-0.15, -0.1) is 0 Å². The molecule has 0 aliphatic carbocycles. The summed E-state index contributed by atoms with van der Waals surface area (Å²) in [7, 11) is 0. The molecule has 2 aromatic carbocycles. The molecule has 0 bridgehead atoms. The summed E-state index contributed by atoms with van der Waals surface area (Å²) in [6.07, 6.45) is 1.69. The lowest BCUT2D eigenvalue weighted by atomic mass is 10.1. The van der Waals surface area contributed by atoms with Crippen LogP contribution >= 0.6 is 35.0 Å². The minimum atomic E-state index is -0.539. The number of thioether (sulfide) groups is 1. The summed E-state index contributed by atoms with van der Waals surface area (Å²) >= 11 is 13.8. The zero-order valence-electron chi connectivity index (χ0n) is 12.5. The summed E-state index contributed by atoms with van der Waals surface area (Å²) in [5.74, 6) is -0.771. The van der Waals surface area contributed by atoms with Crippen molar-refractivity contribution in [1.29, 1.82) is 0 Å². The van der Waals surface area contributed by atoms with E-state index in [1.165, 1.54) is 35.7 Å². The normalized spacial score (nSPS) is 12.7. The minimum absolute atomic E-state index is 0.0486. The third kappa shape index (κ3) is 3.29. The van der Waals surface area contributed by atoms with E-state index in [0.29, 0.717) is 5.56 Å². The molecule has 1 amide bonds. The number of halogens is 2. The predicted octanol–water partition coefficient (Wildman–Crippen LogP) is 5.14. The lowest BCUT2D eigenvalue weighted by Gasteiger charge is -2.24. The van der Waals surface area contributed by atoms with Crippen LogP contribution in [0.4, 0.5) is 5.69 Å². The Hall–Kier alpha value is -1.95. The van der Waals surface area contributed by atoms with E-state index in [4.69, 9.17) is 27.9 Å². The Kier molecular flexibility index (Phi) is 4.85. The second-order valence-corrected chi connectivity index (χ2v) is 6.67. The quantitative estimate of drug-likeness (QED) is 0.535. The third-order valence-corrected chi connectivity index (χ3v) is 4.66. The van der Waals surface area contributed by atoms with Crippen molar-refractivity contribution in [2.45, 2.75) is 11.8 Å². The molecule has 1 aliphatic heterocycles. The number of anilines is 1. The smallest absolute Gasteiger partial charge is 0.308 e. The number of rotatable bonds is 2. The zero-order valence-corrected chi connectivity index (χ0v) is 14.8. The highest BCUT2D eigenvalue weighted by atomic mass is 35.5. The lowest BCUT2D eigenvalue weighted by molar-refractivity contribution is -0.131. The molecule has 0 spiro atoms. The average Bonchev–Trinajstić information content (AvgIpc) is 2.56. The molecule has 0 atom stereocenters. The number of para-hydroxylation sites is 1. The first kappa shape index (κ1) is 16.9. The first-order valence-electron chi connectivity index (χ1n) is 6.91. The minimum Gasteiger partial charge on any atom is -0.424 e. The summed E-state index contributed by atoms with van der Waals surface area (Å²) in [6.45, 7) is 1.25. The molecule has 0 unspecified atom stereocenters. The zero-order chi connectivity index (χ0) is 17.3. The standard InChI is InChI=1S/C17H11Cl2NO3S/c1-10(21)23-16-12(18)8-11(9-13(16)19)17(22)20-6-7-24-15-5-3-2-4-14(15)20/h2-9H,1H3. The number of carbonyl (C=O) groups is 2. The van der Waals surface area contributed by atoms with Gasteiger partial charge in [0.05, 0.1) is 15.7 Å². The van der Waals surface area contributed by atoms with Crippen molar-refractivity contribution in [1.82, 2.24) is 0 Å². The van der Waals surface area contributed by atoms with Crippen LogP contribution in [0, 0.1) is 0 Å². The topological polar surface area (TPSA) is 46.6 Å². The van der Waals surface area contributed by atoms with Crippen LogP contribution in [0.2, 0.25) is 10.0 Å². The van der Waals surface area contributed by atoms with Crippen molar-refractivity contribution in [3.8, 4) is 5.75 Å². The van der Waals surface area contributed by atoms with Crippen LogP contribution < -0.4 is 9.64 Å². The van der Waals surface area contributed by atoms with Gasteiger partial charge in [-0.2, -0.15) is 0 Å². The average molecular weight is 380 g/mol. The summed E-state index contributed by atoms with van der Waals surface area (Å²) in [4.78, 5) is 26.4. The molecule has 7 heteroatoms. The van der Waals surface area contributed by atoms with Crippen molar-refractivity contribution in [3.05, 3.63) is 63.6 Å². The van der Waals surface area contributed by atoms with Gasteiger partial charge < -0.3 is 4.74 Å². The van der Waals surface area contributed by atoms with Crippen molar-refractivity contribution in [2.75, 3.05) is 4.90 Å². The number of amides is 1. The van der Waals surface area contributed by atoms with Crippen molar-refractivity contribution in [2.24, 2.45) is 0 Å². The molecule has 0 fully saturated rings. The molecular formula is C17H11Cl2NO3S. The van der Waals surface area contributed by atoms with Gasteiger partial charge in [-0.25, -0.2) is 0 Å². The van der Waals surface area contributed by atoms with E-state index in [0.717, 1.165) is 10.6 Å². The monoisotopic (exact) mass is 379 g/mol. The van der Waals surface area contributed by atoms with Gasteiger partial charge in [0.25, 0.3) is 5.91 Å². The van der Waals surface area contributed by atoms with Crippen LogP contribution in [0.3, 0.4) is 0 Å². The Morgan fingerprint density at radius 2 is 1.79 bits per heavy atom. The van der Waals surface area contributed by atoms with E-state index >= 15 is 0 Å². The Morgan fingerprint density at radius 1 is 1.12 bits per heavy atom. The first-order chi connectivity index (χ1) is 11.5. The summed E-state index contributed by atoms with van der Waals surface area (Å²) < 4.78 is 4.97. The Balaban J connectivity index is 1.98. The molecule has 0 saturated carbocycles. The van der Waals surface area contributed by atoms with Crippen LogP contribution in [0.15, 0.2) is 52.9 Å². The molecule has 4 nitrogen and oxygen atoms in total. The number of nitrogens with zero attached hydrogens (tertiary/aromatic N) is 1. The van der Waals surface area contributed by atoms with Gasteiger partial charge in [0.15, 0.2) is 5.75 Å². The van der Waals surface area contributed by atoms with Gasteiger partial charge in [-0.05, 0) is 29.7 Å². The highest BCUT2D eigenvalue weighted by molar-refractivity contribution is 8.02. The molecule has 3 rings (SSSR count). The number of fused-ring (bicyclic) bond motifs is 1. The van der Waals surface area contributed by atoms with E-state index in [1.807, 2.05) is 29.7 Å². The van der Waals surface area contributed by atoms with Gasteiger partial charge in [0.2, 0.25) is 0 Å². The summed E-state index contributed by atoms with van der Waals surface area (Å²) in [6, 6.07) is 10.4. The van der Waals surface area contributed by atoms with Crippen LogP contribution in [-0.4, -0.2) is 11.9 Å². The number of benzene rings is 2. The lowest BCUT2D eigenvalue weighted by Crippen LogP contribution is -2.26. The van der Waals surface area contributed by atoms with Gasteiger partial charge in [0.1, 0.15) is 0 Å². The fourth-order valence-corrected chi connectivity index (χ4v) is 3.58. The maximum absolute atomic E-state index is 12.8. The number of ether oxygens (including phenoxy) is 1. The fraction of sp³-hybridized carbons (Fsp3) is 0.0588.